The number of rotatable bonds is 5. The van der Waals surface area contributed by atoms with E-state index in [4.69, 9.17) is 9.47 Å². The molecule has 2 atom stereocenters. The summed E-state index contributed by atoms with van der Waals surface area (Å²) in [4.78, 5) is 15.4. The summed E-state index contributed by atoms with van der Waals surface area (Å²) in [5, 5.41) is 0. The second kappa shape index (κ2) is 7.98. The van der Waals surface area contributed by atoms with Gasteiger partial charge in [-0.15, -0.1) is 0 Å². The maximum atomic E-state index is 12.9. The van der Waals surface area contributed by atoms with Crippen LogP contribution in [-0.4, -0.2) is 42.2 Å². The van der Waals surface area contributed by atoms with Crippen LogP contribution in [0.3, 0.4) is 0 Å². The van der Waals surface area contributed by atoms with Gasteiger partial charge in [-0.2, -0.15) is 0 Å². The van der Waals surface area contributed by atoms with Gasteiger partial charge in [-0.3, -0.25) is 4.90 Å². The number of allylic oxidation sites excluding steroid dienone is 2. The zero-order chi connectivity index (χ0) is 20.6. The summed E-state index contributed by atoms with van der Waals surface area (Å²) in [5.74, 6) is 1.14. The van der Waals surface area contributed by atoms with Crippen molar-refractivity contribution in [3.05, 3.63) is 46.5 Å². The highest BCUT2D eigenvalue weighted by atomic mass is 16.5. The molecular weight excluding hydrogens is 362 g/mol. The molecule has 4 nitrogen and oxygen atoms in total. The van der Waals surface area contributed by atoms with Crippen LogP contribution in [0.15, 0.2) is 29.9 Å². The van der Waals surface area contributed by atoms with E-state index in [0.717, 1.165) is 36.3 Å². The van der Waals surface area contributed by atoms with Gasteiger partial charge in [0.2, 0.25) is 0 Å². The Morgan fingerprint density at radius 3 is 2.90 bits per heavy atom. The zero-order valence-electron chi connectivity index (χ0n) is 18.2. The van der Waals surface area contributed by atoms with E-state index in [0.29, 0.717) is 24.1 Å². The average Bonchev–Trinajstić information content (AvgIpc) is 3.27. The number of hydrogen-bond donors (Lipinski definition) is 0. The highest BCUT2D eigenvalue weighted by Crippen LogP contribution is 2.36. The van der Waals surface area contributed by atoms with Crippen LogP contribution in [0, 0.1) is 5.92 Å². The molecule has 1 aromatic rings. The summed E-state index contributed by atoms with van der Waals surface area (Å²) in [6.07, 6.45) is 10.7. The number of hydrogen-bond acceptors (Lipinski definition) is 4. The van der Waals surface area contributed by atoms with Crippen molar-refractivity contribution in [1.29, 1.82) is 0 Å². The first-order valence-electron chi connectivity index (χ1n) is 10.9. The molecule has 4 heteroatoms. The SMILES string of the molecule is CC(C)=CCc1cc(C(=O)OC[C@H]2CCN3CCC[C@@H]23)cc2c1OC(C)(C)C=C2. The largest absolute Gasteiger partial charge is 0.483 e. The van der Waals surface area contributed by atoms with E-state index in [-0.39, 0.29) is 11.6 Å². The number of esters is 1. The Morgan fingerprint density at radius 2 is 2.10 bits per heavy atom. The molecular formula is C25H33NO3. The number of nitrogens with zero attached hydrogens (tertiary/aromatic N) is 1. The Balaban J connectivity index is 1.52. The van der Waals surface area contributed by atoms with Gasteiger partial charge in [0, 0.05) is 17.5 Å². The molecule has 0 N–H and O–H groups in total. The van der Waals surface area contributed by atoms with Crippen molar-refractivity contribution < 1.29 is 14.3 Å². The monoisotopic (exact) mass is 395 g/mol. The van der Waals surface area contributed by atoms with Crippen molar-refractivity contribution in [2.45, 2.75) is 65.0 Å². The molecule has 0 aliphatic carbocycles. The summed E-state index contributed by atoms with van der Waals surface area (Å²) < 4.78 is 12.0. The molecule has 4 rings (SSSR count). The fourth-order valence-corrected chi connectivity index (χ4v) is 4.78. The maximum absolute atomic E-state index is 12.9. The molecule has 0 radical (unpaired) electrons. The second-order valence-electron chi connectivity index (χ2n) is 9.47. The first kappa shape index (κ1) is 20.2. The Kier molecular flexibility index (Phi) is 5.56. The van der Waals surface area contributed by atoms with Crippen LogP contribution in [0.1, 0.15) is 68.4 Å². The average molecular weight is 396 g/mol. The highest BCUT2D eigenvalue weighted by molar-refractivity contribution is 5.91. The number of carbonyl (C=O) groups is 1. The van der Waals surface area contributed by atoms with E-state index < -0.39 is 0 Å². The lowest BCUT2D eigenvalue weighted by Gasteiger charge is -2.30. The summed E-state index contributed by atoms with van der Waals surface area (Å²) in [7, 11) is 0. The number of benzene rings is 1. The van der Waals surface area contributed by atoms with Crippen molar-refractivity contribution >= 4 is 12.0 Å². The molecule has 3 heterocycles. The van der Waals surface area contributed by atoms with Gasteiger partial charge in [-0.1, -0.05) is 17.7 Å². The molecule has 0 aromatic heterocycles. The predicted octanol–water partition coefficient (Wildman–Crippen LogP) is 5.02. The van der Waals surface area contributed by atoms with Crippen molar-refractivity contribution in [2.75, 3.05) is 19.7 Å². The van der Waals surface area contributed by atoms with Gasteiger partial charge in [0.15, 0.2) is 0 Å². The molecule has 0 bridgehead atoms. The predicted molar refractivity (Wildman–Crippen MR) is 116 cm³/mol. The minimum Gasteiger partial charge on any atom is -0.483 e. The van der Waals surface area contributed by atoms with Crippen molar-refractivity contribution in [3.8, 4) is 5.75 Å². The summed E-state index contributed by atoms with van der Waals surface area (Å²) in [6, 6.07) is 4.47. The third kappa shape index (κ3) is 4.42. The summed E-state index contributed by atoms with van der Waals surface area (Å²) in [6.45, 7) is 11.2. The number of ether oxygens (including phenoxy) is 2. The van der Waals surface area contributed by atoms with E-state index in [1.807, 2.05) is 32.1 Å². The van der Waals surface area contributed by atoms with E-state index in [1.165, 1.54) is 25.0 Å². The van der Waals surface area contributed by atoms with Gasteiger partial charge >= 0.3 is 5.97 Å². The molecule has 1 aromatic carbocycles. The highest BCUT2D eigenvalue weighted by Gasteiger charge is 2.37. The van der Waals surface area contributed by atoms with Gasteiger partial charge in [0.05, 0.1) is 12.2 Å². The molecule has 156 valence electrons. The van der Waals surface area contributed by atoms with E-state index in [9.17, 15) is 4.79 Å². The lowest BCUT2D eigenvalue weighted by molar-refractivity contribution is 0.0418. The Bertz CT molecular complexity index is 848. The molecule has 0 amide bonds. The Hall–Kier alpha value is -2.07. The molecule has 0 unspecified atom stereocenters. The zero-order valence-corrected chi connectivity index (χ0v) is 18.2. The normalized spacial score (nSPS) is 24.6. The minimum atomic E-state index is -0.343. The second-order valence-corrected chi connectivity index (χ2v) is 9.47. The molecule has 2 saturated heterocycles. The maximum Gasteiger partial charge on any atom is 0.338 e. The smallest absolute Gasteiger partial charge is 0.338 e. The van der Waals surface area contributed by atoms with E-state index in [2.05, 4.69) is 30.9 Å². The lowest BCUT2D eigenvalue weighted by Crippen LogP contribution is -2.29. The van der Waals surface area contributed by atoms with E-state index in [1.54, 1.807) is 0 Å². The van der Waals surface area contributed by atoms with Crippen molar-refractivity contribution in [3.63, 3.8) is 0 Å². The molecule has 29 heavy (non-hydrogen) atoms. The van der Waals surface area contributed by atoms with Gasteiger partial charge in [-0.25, -0.2) is 4.79 Å². The topological polar surface area (TPSA) is 38.8 Å². The Morgan fingerprint density at radius 1 is 1.28 bits per heavy atom. The third-order valence-electron chi connectivity index (χ3n) is 6.36. The molecule has 0 saturated carbocycles. The van der Waals surface area contributed by atoms with Gasteiger partial charge in [-0.05, 0) is 90.2 Å². The summed E-state index contributed by atoms with van der Waals surface area (Å²) in [5.41, 5.74) is 3.52. The Labute approximate surface area is 174 Å². The van der Waals surface area contributed by atoms with Gasteiger partial charge in [0.25, 0.3) is 0 Å². The standard InChI is InChI=1S/C25H33NO3/c1-17(2)7-8-18-14-21(15-19-9-11-25(3,4)29-23(18)19)24(27)28-16-20-10-13-26-12-5-6-22(20)26/h7,9,11,14-15,20,22H,5-6,8,10,12-13,16H2,1-4H3/t20-,22+/m1/s1. The molecule has 3 aliphatic rings. The number of fused-ring (bicyclic) bond motifs is 2. The van der Waals surface area contributed by atoms with Crippen LogP contribution in [0.2, 0.25) is 0 Å². The van der Waals surface area contributed by atoms with Crippen molar-refractivity contribution in [2.24, 2.45) is 5.92 Å². The molecule has 3 aliphatic heterocycles. The molecule has 0 spiro atoms. The van der Waals surface area contributed by atoms with Crippen LogP contribution in [0.4, 0.5) is 0 Å². The van der Waals surface area contributed by atoms with Gasteiger partial charge in [0.1, 0.15) is 11.4 Å². The minimum absolute atomic E-state index is 0.221. The van der Waals surface area contributed by atoms with E-state index >= 15 is 0 Å². The van der Waals surface area contributed by atoms with Crippen LogP contribution in [0.25, 0.3) is 6.08 Å². The van der Waals surface area contributed by atoms with Crippen molar-refractivity contribution in [1.82, 2.24) is 4.90 Å². The van der Waals surface area contributed by atoms with Crippen LogP contribution < -0.4 is 4.74 Å². The first-order valence-corrected chi connectivity index (χ1v) is 10.9. The van der Waals surface area contributed by atoms with Crippen LogP contribution in [-0.2, 0) is 11.2 Å². The lowest BCUT2D eigenvalue weighted by atomic mass is 9.95. The third-order valence-corrected chi connectivity index (χ3v) is 6.36. The fourth-order valence-electron chi connectivity index (χ4n) is 4.78. The quantitative estimate of drug-likeness (QED) is 0.518. The van der Waals surface area contributed by atoms with Crippen LogP contribution in [0.5, 0.6) is 5.75 Å². The molecule has 2 fully saturated rings. The number of carbonyl (C=O) groups excluding carboxylic acids is 1. The van der Waals surface area contributed by atoms with Gasteiger partial charge < -0.3 is 9.47 Å². The summed E-state index contributed by atoms with van der Waals surface area (Å²) >= 11 is 0. The first-order chi connectivity index (χ1) is 13.8. The van der Waals surface area contributed by atoms with Crippen LogP contribution >= 0.6 is 0 Å². The fraction of sp³-hybridized carbons (Fsp3) is 0.560.